The van der Waals surface area contributed by atoms with Gasteiger partial charge in [0.15, 0.2) is 0 Å². The number of hydrazine groups is 1. The van der Waals surface area contributed by atoms with Gasteiger partial charge in [-0.15, -0.1) is 0 Å². The highest BCUT2D eigenvalue weighted by Gasteiger charge is 2.34. The van der Waals surface area contributed by atoms with Crippen LogP contribution in [-0.4, -0.2) is 23.2 Å². The molecule has 106 valence electrons. The average Bonchev–Trinajstić information content (AvgIpc) is 2.47. The van der Waals surface area contributed by atoms with Gasteiger partial charge in [-0.2, -0.15) is 0 Å². The normalized spacial score (nSPS) is 21.9. The molecule has 0 amide bonds. The Kier molecular flexibility index (Phi) is 4.61. The minimum absolute atomic E-state index is 0.0274. The molecular formula is C14H24N4O. The van der Waals surface area contributed by atoms with Crippen molar-refractivity contribution in [2.24, 2.45) is 5.84 Å². The van der Waals surface area contributed by atoms with E-state index in [2.05, 4.69) is 29.6 Å². The van der Waals surface area contributed by atoms with Gasteiger partial charge in [0.2, 0.25) is 0 Å². The Morgan fingerprint density at radius 1 is 1.37 bits per heavy atom. The largest absolute Gasteiger partial charge is 0.375 e. The molecule has 0 saturated carbocycles. The summed E-state index contributed by atoms with van der Waals surface area (Å²) in [7, 11) is 0. The van der Waals surface area contributed by atoms with Crippen LogP contribution in [0.3, 0.4) is 0 Å². The first-order valence-corrected chi connectivity index (χ1v) is 7.05. The first-order chi connectivity index (χ1) is 9.21. The lowest BCUT2D eigenvalue weighted by molar-refractivity contribution is -0.0864. The van der Waals surface area contributed by atoms with Crippen molar-refractivity contribution in [3.05, 3.63) is 18.2 Å². The van der Waals surface area contributed by atoms with Crippen molar-refractivity contribution in [2.45, 2.75) is 51.2 Å². The van der Waals surface area contributed by atoms with Gasteiger partial charge in [0.25, 0.3) is 0 Å². The Morgan fingerprint density at radius 2 is 2.11 bits per heavy atom. The maximum Gasteiger partial charge on any atom is 0.142 e. The second-order valence-electron chi connectivity index (χ2n) is 5.13. The first kappa shape index (κ1) is 14.1. The van der Waals surface area contributed by atoms with Gasteiger partial charge < -0.3 is 15.5 Å². The Hall–Kier alpha value is -1.33. The van der Waals surface area contributed by atoms with Crippen molar-refractivity contribution in [3.63, 3.8) is 0 Å². The van der Waals surface area contributed by atoms with Gasteiger partial charge >= 0.3 is 0 Å². The minimum Gasteiger partial charge on any atom is -0.375 e. The third-order valence-electron chi connectivity index (χ3n) is 4.03. The van der Waals surface area contributed by atoms with E-state index in [1.165, 1.54) is 0 Å². The molecule has 1 atom stereocenters. The summed E-state index contributed by atoms with van der Waals surface area (Å²) in [4.78, 5) is 4.40. The fourth-order valence-corrected chi connectivity index (χ4v) is 2.70. The van der Waals surface area contributed by atoms with Crippen LogP contribution < -0.4 is 16.6 Å². The number of rotatable bonds is 5. The molecule has 1 aromatic heterocycles. The molecule has 0 aromatic carbocycles. The van der Waals surface area contributed by atoms with Gasteiger partial charge in [-0.3, -0.25) is 0 Å². The summed E-state index contributed by atoms with van der Waals surface area (Å²) in [5.41, 5.74) is 2.59. The van der Waals surface area contributed by atoms with E-state index in [0.29, 0.717) is 11.9 Å². The minimum atomic E-state index is 0.0274. The summed E-state index contributed by atoms with van der Waals surface area (Å²) in [5.74, 6) is 6.92. The van der Waals surface area contributed by atoms with E-state index in [4.69, 9.17) is 10.6 Å². The third kappa shape index (κ3) is 3.36. The molecule has 2 rings (SSSR count). The number of pyridine rings is 1. The maximum atomic E-state index is 5.98. The van der Waals surface area contributed by atoms with Crippen molar-refractivity contribution in [2.75, 3.05) is 17.3 Å². The summed E-state index contributed by atoms with van der Waals surface area (Å²) in [6.45, 7) is 5.21. The standard InChI is InChI=1S/C14H24N4O/c1-3-14(4-2)10-11(8-9-19-14)16-12-6-5-7-13(17-12)18-15/h5-7,11H,3-4,8-10,15H2,1-2H3,(H2,16,17,18). The number of nitrogens with one attached hydrogen (secondary N) is 2. The number of hydrogen-bond acceptors (Lipinski definition) is 5. The SMILES string of the molecule is CCC1(CC)CC(Nc2cccc(NN)n2)CCO1. The molecule has 5 nitrogen and oxygen atoms in total. The second kappa shape index (κ2) is 6.21. The highest BCUT2D eigenvalue weighted by Crippen LogP contribution is 2.32. The summed E-state index contributed by atoms with van der Waals surface area (Å²) < 4.78 is 5.98. The summed E-state index contributed by atoms with van der Waals surface area (Å²) in [6, 6.07) is 6.17. The lowest BCUT2D eigenvalue weighted by atomic mass is 9.86. The van der Waals surface area contributed by atoms with Crippen LogP contribution in [0.4, 0.5) is 11.6 Å². The molecule has 1 fully saturated rings. The highest BCUT2D eigenvalue weighted by atomic mass is 16.5. The quantitative estimate of drug-likeness (QED) is 0.563. The van der Waals surface area contributed by atoms with Crippen LogP contribution in [0.15, 0.2) is 18.2 Å². The number of hydrogen-bond donors (Lipinski definition) is 3. The van der Waals surface area contributed by atoms with E-state index in [1.54, 1.807) is 0 Å². The molecule has 1 aromatic rings. The zero-order chi connectivity index (χ0) is 13.7. The van der Waals surface area contributed by atoms with Crippen LogP contribution in [0, 0.1) is 0 Å². The van der Waals surface area contributed by atoms with Gasteiger partial charge in [-0.05, 0) is 37.8 Å². The van der Waals surface area contributed by atoms with Crippen LogP contribution >= 0.6 is 0 Å². The smallest absolute Gasteiger partial charge is 0.142 e. The summed E-state index contributed by atoms with van der Waals surface area (Å²) in [5, 5.41) is 3.49. The monoisotopic (exact) mass is 264 g/mol. The molecule has 1 saturated heterocycles. The first-order valence-electron chi connectivity index (χ1n) is 7.05. The van der Waals surface area contributed by atoms with Gasteiger partial charge in [-0.25, -0.2) is 10.8 Å². The molecule has 2 heterocycles. The van der Waals surface area contributed by atoms with Crippen molar-refractivity contribution in [1.29, 1.82) is 0 Å². The molecule has 1 unspecified atom stereocenters. The van der Waals surface area contributed by atoms with Crippen LogP contribution in [-0.2, 0) is 4.74 Å². The summed E-state index contributed by atoms with van der Waals surface area (Å²) >= 11 is 0. The average molecular weight is 264 g/mol. The molecular weight excluding hydrogens is 240 g/mol. The van der Waals surface area contributed by atoms with E-state index in [-0.39, 0.29) is 5.60 Å². The number of nitrogen functional groups attached to an aromatic ring is 1. The van der Waals surface area contributed by atoms with E-state index in [1.807, 2.05) is 18.2 Å². The Balaban J connectivity index is 2.02. The fourth-order valence-electron chi connectivity index (χ4n) is 2.70. The topological polar surface area (TPSA) is 72.2 Å². The van der Waals surface area contributed by atoms with Crippen LogP contribution in [0.5, 0.6) is 0 Å². The lowest BCUT2D eigenvalue weighted by Gasteiger charge is -2.40. The van der Waals surface area contributed by atoms with Crippen LogP contribution in [0.1, 0.15) is 39.5 Å². The van der Waals surface area contributed by atoms with Crippen LogP contribution in [0.25, 0.3) is 0 Å². The molecule has 1 aliphatic heterocycles. The number of nitrogens with two attached hydrogens (primary N) is 1. The van der Waals surface area contributed by atoms with Gasteiger partial charge in [0, 0.05) is 12.6 Å². The predicted octanol–water partition coefficient (Wildman–Crippen LogP) is 2.52. The number of aromatic nitrogens is 1. The fraction of sp³-hybridized carbons (Fsp3) is 0.643. The maximum absolute atomic E-state index is 5.98. The Labute approximate surface area is 114 Å². The third-order valence-corrected chi connectivity index (χ3v) is 4.03. The van der Waals surface area contributed by atoms with Gasteiger partial charge in [0.1, 0.15) is 11.6 Å². The predicted molar refractivity (Wildman–Crippen MR) is 78.0 cm³/mol. The van der Waals surface area contributed by atoms with E-state index in [9.17, 15) is 0 Å². The molecule has 0 aliphatic carbocycles. The molecule has 5 heteroatoms. The molecule has 0 spiro atoms. The van der Waals surface area contributed by atoms with E-state index >= 15 is 0 Å². The van der Waals surface area contributed by atoms with Gasteiger partial charge in [-0.1, -0.05) is 19.9 Å². The Bertz CT molecular complexity index is 406. The van der Waals surface area contributed by atoms with Crippen molar-refractivity contribution in [3.8, 4) is 0 Å². The molecule has 0 bridgehead atoms. The van der Waals surface area contributed by atoms with Crippen molar-refractivity contribution >= 4 is 11.6 Å². The molecule has 1 aliphatic rings. The number of ether oxygens (including phenoxy) is 1. The number of nitrogens with zero attached hydrogens (tertiary/aromatic N) is 1. The lowest BCUT2D eigenvalue weighted by Crippen LogP contribution is -2.43. The molecule has 0 radical (unpaired) electrons. The molecule has 4 N–H and O–H groups in total. The zero-order valence-electron chi connectivity index (χ0n) is 11.8. The van der Waals surface area contributed by atoms with E-state index in [0.717, 1.165) is 38.1 Å². The summed E-state index contributed by atoms with van der Waals surface area (Å²) in [6.07, 6.45) is 4.16. The highest BCUT2D eigenvalue weighted by molar-refractivity contribution is 5.45. The Morgan fingerprint density at radius 3 is 2.79 bits per heavy atom. The van der Waals surface area contributed by atoms with Crippen molar-refractivity contribution < 1.29 is 4.74 Å². The van der Waals surface area contributed by atoms with Crippen molar-refractivity contribution in [1.82, 2.24) is 4.98 Å². The van der Waals surface area contributed by atoms with Crippen LogP contribution in [0.2, 0.25) is 0 Å². The van der Waals surface area contributed by atoms with Gasteiger partial charge in [0.05, 0.1) is 5.60 Å². The zero-order valence-corrected chi connectivity index (χ0v) is 11.8. The van der Waals surface area contributed by atoms with E-state index < -0.39 is 0 Å². The number of anilines is 2. The molecule has 19 heavy (non-hydrogen) atoms. The second-order valence-corrected chi connectivity index (χ2v) is 5.13.